The van der Waals surface area contributed by atoms with E-state index < -0.39 is 5.54 Å². The third kappa shape index (κ3) is 3.03. The molecule has 5 nitrogen and oxygen atoms in total. The quantitative estimate of drug-likeness (QED) is 0.669. The molecule has 142 valence electrons. The third-order valence-electron chi connectivity index (χ3n) is 4.99. The van der Waals surface area contributed by atoms with Gasteiger partial charge in [0.2, 0.25) is 11.8 Å². The molecule has 0 aliphatic carbocycles. The minimum Gasteiger partial charge on any atom is -0.322 e. The number of pyridine rings is 1. The van der Waals surface area contributed by atoms with Crippen molar-refractivity contribution in [2.75, 3.05) is 10.2 Å². The Morgan fingerprint density at radius 3 is 2.64 bits per heavy atom. The van der Waals surface area contributed by atoms with Gasteiger partial charge in [-0.2, -0.15) is 0 Å². The van der Waals surface area contributed by atoms with Crippen LogP contribution in [-0.4, -0.2) is 27.6 Å². The van der Waals surface area contributed by atoms with E-state index in [0.29, 0.717) is 5.69 Å². The largest absolute Gasteiger partial charge is 0.322 e. The molecule has 6 heteroatoms. The molecule has 4 rings (SSSR count). The number of rotatable bonds is 3. The number of aromatic nitrogens is 1. The first-order valence-corrected chi connectivity index (χ1v) is 10.0. The van der Waals surface area contributed by atoms with Crippen LogP contribution in [0.3, 0.4) is 0 Å². The molecule has 3 aromatic rings. The molecular formula is C22H21N3O2S. The molecule has 2 amide bonds. The van der Waals surface area contributed by atoms with E-state index in [1.54, 1.807) is 24.9 Å². The summed E-state index contributed by atoms with van der Waals surface area (Å²) < 4.78 is 0. The van der Waals surface area contributed by atoms with Crippen LogP contribution >= 0.6 is 11.8 Å². The molecule has 2 aromatic carbocycles. The van der Waals surface area contributed by atoms with Crippen molar-refractivity contribution in [1.29, 1.82) is 0 Å². The minimum atomic E-state index is -0.972. The lowest BCUT2D eigenvalue weighted by atomic mass is 9.96. The van der Waals surface area contributed by atoms with Gasteiger partial charge < -0.3 is 5.32 Å². The van der Waals surface area contributed by atoms with Crippen molar-refractivity contribution in [2.45, 2.75) is 36.5 Å². The van der Waals surface area contributed by atoms with Crippen LogP contribution in [0.5, 0.6) is 0 Å². The Hall–Kier alpha value is -2.86. The van der Waals surface area contributed by atoms with E-state index in [1.165, 1.54) is 11.8 Å². The number of hydrogen-bond acceptors (Lipinski definition) is 4. The number of benzene rings is 2. The molecule has 2 heterocycles. The highest BCUT2D eigenvalue weighted by atomic mass is 32.2. The molecular weight excluding hydrogens is 370 g/mol. The highest BCUT2D eigenvalue weighted by Crippen LogP contribution is 2.39. The number of anilines is 2. The summed E-state index contributed by atoms with van der Waals surface area (Å²) in [5.41, 5.74) is 1.31. The maximum Gasteiger partial charge on any atom is 0.250 e. The lowest BCUT2D eigenvalue weighted by molar-refractivity contribution is -0.126. The number of nitrogens with one attached hydrogen (secondary N) is 1. The smallest absolute Gasteiger partial charge is 0.250 e. The Morgan fingerprint density at radius 1 is 1.11 bits per heavy atom. The highest BCUT2D eigenvalue weighted by Gasteiger charge is 2.44. The fourth-order valence-electron chi connectivity index (χ4n) is 3.44. The van der Waals surface area contributed by atoms with Crippen LogP contribution in [0.4, 0.5) is 11.4 Å². The number of para-hydroxylation sites is 3. The fraction of sp³-hybridized carbons (Fsp3) is 0.227. The minimum absolute atomic E-state index is 0.0989. The summed E-state index contributed by atoms with van der Waals surface area (Å²) in [4.78, 5) is 33.1. The van der Waals surface area contributed by atoms with Crippen molar-refractivity contribution in [3.05, 3.63) is 60.8 Å². The summed E-state index contributed by atoms with van der Waals surface area (Å²) in [5.74, 6) is -0.288. The molecule has 1 aliphatic rings. The first kappa shape index (κ1) is 18.5. The Balaban J connectivity index is 1.69. The Kier molecular flexibility index (Phi) is 4.59. The van der Waals surface area contributed by atoms with Crippen LogP contribution in [0.15, 0.2) is 65.7 Å². The maximum absolute atomic E-state index is 13.5. The van der Waals surface area contributed by atoms with Crippen molar-refractivity contribution in [1.82, 2.24) is 4.98 Å². The molecule has 1 unspecified atom stereocenters. The number of carbonyl (C=O) groups excluding carboxylic acids is 2. The second-order valence-corrected chi connectivity index (χ2v) is 8.67. The number of fused-ring (bicyclic) bond motifs is 2. The van der Waals surface area contributed by atoms with Crippen LogP contribution in [0.25, 0.3) is 10.9 Å². The number of nitrogens with zero attached hydrogens (tertiary/aromatic N) is 2. The summed E-state index contributed by atoms with van der Waals surface area (Å²) in [7, 11) is 0. The van der Waals surface area contributed by atoms with Crippen molar-refractivity contribution in [3.8, 4) is 0 Å². The number of hydrogen-bond donors (Lipinski definition) is 1. The third-order valence-corrected chi connectivity index (χ3v) is 6.15. The number of amides is 2. The molecule has 0 radical (unpaired) electrons. The van der Waals surface area contributed by atoms with Crippen LogP contribution in [0.1, 0.15) is 20.8 Å². The van der Waals surface area contributed by atoms with E-state index in [4.69, 9.17) is 0 Å². The SMILES string of the molecule is CC(Sc1ccnc2ccccc12)C(=O)N1c2ccccc2NC(=O)C1(C)C. The van der Waals surface area contributed by atoms with Gasteiger partial charge in [-0.1, -0.05) is 30.3 Å². The molecule has 0 saturated heterocycles. The topological polar surface area (TPSA) is 62.3 Å². The standard InChI is InChI=1S/C22H21N3O2S/c1-14(28-19-12-13-23-16-9-5-4-8-15(16)19)20(26)25-18-11-7-6-10-17(18)24-21(27)22(25,2)3/h4-14H,1-3H3,(H,24,27). The Morgan fingerprint density at radius 2 is 1.82 bits per heavy atom. The van der Waals surface area contributed by atoms with Gasteiger partial charge in [-0.25, -0.2) is 0 Å². The van der Waals surface area contributed by atoms with Gasteiger partial charge in [0.05, 0.1) is 22.1 Å². The summed E-state index contributed by atoms with van der Waals surface area (Å²) in [6.45, 7) is 5.43. The van der Waals surface area contributed by atoms with Crippen LogP contribution < -0.4 is 10.2 Å². The predicted octanol–water partition coefficient (Wildman–Crippen LogP) is 4.48. The van der Waals surface area contributed by atoms with E-state index in [0.717, 1.165) is 21.5 Å². The Labute approximate surface area is 168 Å². The second kappa shape index (κ2) is 6.95. The van der Waals surface area contributed by atoms with E-state index in [-0.39, 0.29) is 17.1 Å². The number of carbonyl (C=O) groups is 2. The molecule has 28 heavy (non-hydrogen) atoms. The Bertz CT molecular complexity index is 1070. The van der Waals surface area contributed by atoms with E-state index in [1.807, 2.05) is 61.5 Å². The molecule has 1 atom stereocenters. The molecule has 0 saturated carbocycles. The van der Waals surface area contributed by atoms with Crippen LogP contribution in [0, 0.1) is 0 Å². The normalized spacial score (nSPS) is 16.4. The van der Waals surface area contributed by atoms with Gasteiger partial charge in [0, 0.05) is 16.5 Å². The molecule has 1 N–H and O–H groups in total. The number of thioether (sulfide) groups is 1. The van der Waals surface area contributed by atoms with Gasteiger partial charge in [-0.3, -0.25) is 19.5 Å². The molecule has 0 spiro atoms. The average molecular weight is 391 g/mol. The lowest BCUT2D eigenvalue weighted by Crippen LogP contribution is -2.60. The van der Waals surface area contributed by atoms with Gasteiger partial charge in [0.1, 0.15) is 5.54 Å². The molecule has 1 aromatic heterocycles. The summed E-state index contributed by atoms with van der Waals surface area (Å²) >= 11 is 1.49. The first-order chi connectivity index (χ1) is 13.4. The molecule has 0 bridgehead atoms. The summed E-state index contributed by atoms with van der Waals surface area (Å²) in [5, 5.41) is 3.55. The first-order valence-electron chi connectivity index (χ1n) is 9.14. The van der Waals surface area contributed by atoms with Gasteiger partial charge in [0.25, 0.3) is 0 Å². The second-order valence-electron chi connectivity index (χ2n) is 7.29. The average Bonchev–Trinajstić information content (AvgIpc) is 2.68. The van der Waals surface area contributed by atoms with Gasteiger partial charge in [0.15, 0.2) is 0 Å². The molecule has 1 aliphatic heterocycles. The van der Waals surface area contributed by atoms with Crippen LogP contribution in [0.2, 0.25) is 0 Å². The zero-order valence-electron chi connectivity index (χ0n) is 16.0. The monoisotopic (exact) mass is 391 g/mol. The highest BCUT2D eigenvalue weighted by molar-refractivity contribution is 8.00. The van der Waals surface area contributed by atoms with Crippen molar-refractivity contribution in [3.63, 3.8) is 0 Å². The van der Waals surface area contributed by atoms with Crippen molar-refractivity contribution < 1.29 is 9.59 Å². The van der Waals surface area contributed by atoms with Crippen LogP contribution in [-0.2, 0) is 9.59 Å². The lowest BCUT2D eigenvalue weighted by Gasteiger charge is -2.43. The van der Waals surface area contributed by atoms with E-state index >= 15 is 0 Å². The van der Waals surface area contributed by atoms with Gasteiger partial charge in [-0.05, 0) is 45.0 Å². The maximum atomic E-state index is 13.5. The molecule has 0 fully saturated rings. The summed E-state index contributed by atoms with van der Waals surface area (Å²) in [6.07, 6.45) is 1.76. The van der Waals surface area contributed by atoms with E-state index in [2.05, 4.69) is 10.3 Å². The zero-order valence-corrected chi connectivity index (χ0v) is 16.8. The zero-order chi connectivity index (χ0) is 19.9. The van der Waals surface area contributed by atoms with Gasteiger partial charge in [-0.15, -0.1) is 11.8 Å². The predicted molar refractivity (Wildman–Crippen MR) is 114 cm³/mol. The summed E-state index contributed by atoms with van der Waals surface area (Å²) in [6, 6.07) is 17.2. The van der Waals surface area contributed by atoms with E-state index in [9.17, 15) is 9.59 Å². The van der Waals surface area contributed by atoms with Crippen molar-refractivity contribution >= 4 is 45.9 Å². The van der Waals surface area contributed by atoms with Crippen molar-refractivity contribution in [2.24, 2.45) is 0 Å². The van der Waals surface area contributed by atoms with Gasteiger partial charge >= 0.3 is 0 Å². The fourth-order valence-corrected chi connectivity index (χ4v) is 4.47.